The van der Waals surface area contributed by atoms with Crippen LogP contribution in [0.1, 0.15) is 0 Å². The van der Waals surface area contributed by atoms with Crippen LogP contribution in [0.2, 0.25) is 0 Å². The molecule has 0 aromatic heterocycles. The number of amides is 4. The Kier molecular flexibility index (Phi) is 6.21. The lowest BCUT2D eigenvalue weighted by atomic mass is 11.1. The Morgan fingerprint density at radius 3 is 1.69 bits per heavy atom. The van der Waals surface area contributed by atoms with Crippen LogP contribution in [-0.2, 0) is 0 Å². The summed E-state index contributed by atoms with van der Waals surface area (Å²) in [4.78, 5) is 20.6. The van der Waals surface area contributed by atoms with Gasteiger partial charge >= 0.3 is 12.1 Å². The predicted molar refractivity (Wildman–Crippen MR) is 42.7 cm³/mol. The van der Waals surface area contributed by atoms with Crippen LogP contribution in [0.4, 0.5) is 9.59 Å². The summed E-state index contributed by atoms with van der Waals surface area (Å²) in [6.07, 6.45) is 0. The van der Waals surface area contributed by atoms with E-state index in [4.69, 9.17) is 0 Å². The Morgan fingerprint density at radius 1 is 1.00 bits per heavy atom. The van der Waals surface area contributed by atoms with Crippen LogP contribution in [0.5, 0.6) is 0 Å². The molecule has 0 heterocycles. The zero-order valence-electron chi connectivity index (χ0n) is 6.17. The topological polar surface area (TPSA) is 160 Å². The smallest absolute Gasteiger partial charge is 0.273 e. The Bertz CT molecular complexity index is 212. The molecule has 11 heteroatoms. The molecule has 0 atom stereocenters. The van der Waals surface area contributed by atoms with Crippen molar-refractivity contribution in [3.8, 4) is 0 Å². The SMILES string of the molecule is NNC(=O)N=NSN=NC(=O)NN. The Labute approximate surface area is 76.4 Å². The maximum atomic E-state index is 10.3. The van der Waals surface area contributed by atoms with E-state index in [1.54, 1.807) is 10.9 Å². The van der Waals surface area contributed by atoms with Crippen molar-refractivity contribution < 1.29 is 9.59 Å². The molecule has 0 saturated heterocycles. The van der Waals surface area contributed by atoms with E-state index in [9.17, 15) is 9.59 Å². The number of carbonyl (C=O) groups excluding carboxylic acids is 2. The second-order valence-corrected chi connectivity index (χ2v) is 1.83. The van der Waals surface area contributed by atoms with Gasteiger partial charge in [-0.2, -0.15) is 0 Å². The summed E-state index contributed by atoms with van der Waals surface area (Å²) >= 11 is 0.425. The number of nitrogens with one attached hydrogen (secondary N) is 2. The van der Waals surface area contributed by atoms with Gasteiger partial charge in [0.1, 0.15) is 0 Å². The van der Waals surface area contributed by atoms with Gasteiger partial charge in [0.05, 0.1) is 0 Å². The van der Waals surface area contributed by atoms with Crippen molar-refractivity contribution in [2.24, 2.45) is 31.0 Å². The summed E-state index contributed by atoms with van der Waals surface area (Å²) in [7, 11) is 0. The Hall–Kier alpha value is -1.59. The number of hydrogen-bond acceptors (Lipinski definition) is 7. The molecule has 0 radical (unpaired) electrons. The standard InChI is InChI=1S/C2H6N8O2S/c3-5-1(11)7-9-13-10-8-2(12)6-4/h3-4H2,(H,5,11)(H,6,12). The first-order valence-electron chi connectivity index (χ1n) is 2.70. The average Bonchev–Trinajstić information content (AvgIpc) is 2.16. The van der Waals surface area contributed by atoms with Gasteiger partial charge < -0.3 is 0 Å². The molecule has 6 N–H and O–H groups in total. The van der Waals surface area contributed by atoms with Crippen LogP contribution in [-0.4, -0.2) is 12.1 Å². The van der Waals surface area contributed by atoms with Crippen LogP contribution in [0.15, 0.2) is 19.3 Å². The molecular formula is C2H6N8O2S. The van der Waals surface area contributed by atoms with Crippen molar-refractivity contribution >= 4 is 24.2 Å². The number of hydrazine groups is 2. The zero-order valence-corrected chi connectivity index (χ0v) is 6.98. The molecule has 0 rings (SSSR count). The molecule has 0 saturated carbocycles. The van der Waals surface area contributed by atoms with E-state index in [0.717, 1.165) is 0 Å². The first kappa shape index (κ1) is 11.4. The highest BCUT2D eigenvalue weighted by Crippen LogP contribution is 2.04. The molecule has 4 amide bonds. The van der Waals surface area contributed by atoms with Crippen LogP contribution < -0.4 is 22.5 Å². The maximum absolute atomic E-state index is 10.3. The van der Waals surface area contributed by atoms with Crippen LogP contribution in [0, 0.1) is 0 Å². The maximum Gasteiger partial charge on any atom is 0.374 e. The van der Waals surface area contributed by atoms with Gasteiger partial charge in [-0.3, -0.25) is 10.9 Å². The quantitative estimate of drug-likeness (QED) is 0.159. The fraction of sp³-hybridized carbons (Fsp3) is 0. The third-order valence-electron chi connectivity index (χ3n) is 0.583. The minimum absolute atomic E-state index is 0.425. The van der Waals surface area contributed by atoms with Crippen molar-refractivity contribution in [2.45, 2.75) is 0 Å². The number of hydrogen-bond donors (Lipinski definition) is 4. The largest absolute Gasteiger partial charge is 0.374 e. The summed E-state index contributed by atoms with van der Waals surface area (Å²) < 4.78 is 6.23. The van der Waals surface area contributed by atoms with Gasteiger partial charge in [-0.15, -0.1) is 0 Å². The van der Waals surface area contributed by atoms with Gasteiger partial charge in [0.2, 0.25) is 0 Å². The molecule has 0 aromatic carbocycles. The molecule has 0 aliphatic carbocycles. The summed E-state index contributed by atoms with van der Waals surface area (Å²) in [6.45, 7) is 0. The van der Waals surface area contributed by atoms with Crippen LogP contribution in [0.25, 0.3) is 0 Å². The first-order valence-corrected chi connectivity index (χ1v) is 3.43. The van der Waals surface area contributed by atoms with Crippen LogP contribution in [0.3, 0.4) is 0 Å². The van der Waals surface area contributed by atoms with Crippen molar-refractivity contribution in [3.63, 3.8) is 0 Å². The molecule has 0 fully saturated rings. The highest BCUT2D eigenvalue weighted by atomic mass is 32.2. The number of urea groups is 2. The summed E-state index contributed by atoms with van der Waals surface area (Å²) in [5.41, 5.74) is 3.38. The predicted octanol–water partition coefficient (Wildman–Crippen LogP) is -0.379. The number of nitrogens with zero attached hydrogens (tertiary/aromatic N) is 4. The van der Waals surface area contributed by atoms with E-state index in [1.807, 2.05) is 0 Å². The molecule has 13 heavy (non-hydrogen) atoms. The molecule has 72 valence electrons. The highest BCUT2D eigenvalue weighted by Gasteiger charge is 1.91. The molecule has 0 aromatic rings. The summed E-state index contributed by atoms with van der Waals surface area (Å²) in [6, 6.07) is -1.68. The lowest BCUT2D eigenvalue weighted by molar-refractivity contribution is 0.247. The van der Waals surface area contributed by atoms with E-state index >= 15 is 0 Å². The minimum Gasteiger partial charge on any atom is -0.273 e. The van der Waals surface area contributed by atoms with Gasteiger partial charge in [0, 0.05) is 0 Å². The van der Waals surface area contributed by atoms with Crippen molar-refractivity contribution in [2.75, 3.05) is 0 Å². The third-order valence-corrected chi connectivity index (χ3v) is 0.893. The first-order chi connectivity index (χ1) is 6.20. The fourth-order valence-electron chi connectivity index (χ4n) is 0.185. The molecule has 10 nitrogen and oxygen atoms in total. The van der Waals surface area contributed by atoms with Crippen molar-refractivity contribution in [1.29, 1.82) is 0 Å². The molecule has 0 aliphatic rings. The Morgan fingerprint density at radius 2 is 1.38 bits per heavy atom. The molecule has 0 spiro atoms. The van der Waals surface area contributed by atoms with E-state index in [2.05, 4.69) is 31.0 Å². The van der Waals surface area contributed by atoms with E-state index in [0.29, 0.717) is 12.1 Å². The number of carbonyl (C=O) groups is 2. The van der Waals surface area contributed by atoms with Gasteiger partial charge in [-0.05, 0) is 0 Å². The lowest BCUT2D eigenvalue weighted by Gasteiger charge is -1.86. The van der Waals surface area contributed by atoms with Crippen molar-refractivity contribution in [3.05, 3.63) is 0 Å². The second-order valence-electron chi connectivity index (χ2n) is 1.34. The van der Waals surface area contributed by atoms with Gasteiger partial charge in [0.15, 0.2) is 12.1 Å². The normalized spacial score (nSPS) is 10.6. The minimum atomic E-state index is -0.842. The third kappa shape index (κ3) is 6.79. The number of nitrogens with two attached hydrogens (primary N) is 2. The van der Waals surface area contributed by atoms with Crippen molar-refractivity contribution in [1.82, 2.24) is 10.9 Å². The average molecular weight is 206 g/mol. The molecule has 0 unspecified atom stereocenters. The van der Waals surface area contributed by atoms with E-state index in [1.165, 1.54) is 0 Å². The van der Waals surface area contributed by atoms with E-state index < -0.39 is 12.1 Å². The van der Waals surface area contributed by atoms with Gasteiger partial charge in [0.25, 0.3) is 0 Å². The van der Waals surface area contributed by atoms with E-state index in [-0.39, 0.29) is 0 Å². The second kappa shape index (κ2) is 7.08. The molecular weight excluding hydrogens is 200 g/mol. The number of rotatable bonds is 2. The fourth-order valence-corrected chi connectivity index (χ4v) is 0.439. The van der Waals surface area contributed by atoms with Gasteiger partial charge in [-0.1, -0.05) is 19.3 Å². The zero-order chi connectivity index (χ0) is 10.1. The van der Waals surface area contributed by atoms with Gasteiger partial charge in [-0.25, -0.2) is 21.3 Å². The summed E-state index contributed by atoms with van der Waals surface area (Å²) in [5.74, 6) is 9.32. The lowest BCUT2D eigenvalue weighted by Crippen LogP contribution is -2.26. The van der Waals surface area contributed by atoms with Crippen LogP contribution >= 0.6 is 12.1 Å². The molecule has 0 aliphatic heterocycles. The highest BCUT2D eigenvalue weighted by molar-refractivity contribution is 7.96. The summed E-state index contributed by atoms with van der Waals surface area (Å²) in [5, 5.41) is 5.92. The monoisotopic (exact) mass is 206 g/mol. The Balaban J connectivity index is 3.66. The molecule has 0 bridgehead atoms.